The maximum atomic E-state index is 10.2. The molecule has 6 heteroatoms. The molecule has 0 unspecified atom stereocenters. The van der Waals surface area contributed by atoms with Crippen molar-refractivity contribution in [3.63, 3.8) is 0 Å². The highest BCUT2D eigenvalue weighted by Crippen LogP contribution is 1.99. The molecule has 0 fully saturated rings. The lowest BCUT2D eigenvalue weighted by Crippen LogP contribution is -2.12. The van der Waals surface area contributed by atoms with Gasteiger partial charge in [-0.1, -0.05) is 30.3 Å². The van der Waals surface area contributed by atoms with Crippen LogP contribution in [0.15, 0.2) is 48.8 Å². The van der Waals surface area contributed by atoms with Crippen LogP contribution >= 0.6 is 16.1 Å². The van der Waals surface area contributed by atoms with Gasteiger partial charge in [0.05, 0.1) is 16.1 Å². The summed E-state index contributed by atoms with van der Waals surface area (Å²) < 4.78 is 6.13. The molecule has 2 aromatic rings. The zero-order chi connectivity index (χ0) is 12.5. The fraction of sp³-hybridized carbons (Fsp3) is 0.0909. The van der Waals surface area contributed by atoms with Gasteiger partial charge in [0.25, 0.3) is 0 Å². The standard InChI is InChI=1S/C8H9NO2.C3H3BrN2/c9-8(10)11-6-7-4-2-1-3-5-7;4-6-3-1-2-5-6/h1-5H,6H2,(H2,9,10);1-3H. The van der Waals surface area contributed by atoms with Crippen molar-refractivity contribution in [2.24, 2.45) is 5.73 Å². The van der Waals surface area contributed by atoms with Gasteiger partial charge in [0.1, 0.15) is 6.61 Å². The minimum Gasteiger partial charge on any atom is -0.445 e. The minimum absolute atomic E-state index is 0.246. The van der Waals surface area contributed by atoms with E-state index in [1.54, 1.807) is 16.1 Å². The number of halogens is 1. The molecule has 2 rings (SSSR count). The van der Waals surface area contributed by atoms with Crippen LogP contribution in [0.5, 0.6) is 0 Å². The summed E-state index contributed by atoms with van der Waals surface area (Å²) in [6, 6.07) is 11.2. The Labute approximate surface area is 108 Å². The predicted molar refractivity (Wildman–Crippen MR) is 67.4 cm³/mol. The van der Waals surface area contributed by atoms with E-state index in [1.165, 1.54) is 0 Å². The molecule has 0 bridgehead atoms. The third kappa shape index (κ3) is 6.36. The second-order valence-corrected chi connectivity index (χ2v) is 3.71. The lowest BCUT2D eigenvalue weighted by Gasteiger charge is -1.99. The van der Waals surface area contributed by atoms with Crippen molar-refractivity contribution < 1.29 is 9.53 Å². The highest BCUT2D eigenvalue weighted by Gasteiger charge is 1.93. The summed E-state index contributed by atoms with van der Waals surface area (Å²) in [6.07, 6.45) is 2.77. The lowest BCUT2D eigenvalue weighted by atomic mass is 10.2. The SMILES string of the molecule is Brn1cccn1.NC(=O)OCc1ccccc1. The van der Waals surface area contributed by atoms with Crippen molar-refractivity contribution in [3.05, 3.63) is 54.4 Å². The maximum Gasteiger partial charge on any atom is 0.404 e. The molecule has 0 aliphatic carbocycles. The van der Waals surface area contributed by atoms with Gasteiger partial charge in [-0.3, -0.25) is 0 Å². The van der Waals surface area contributed by atoms with Crippen molar-refractivity contribution in [2.75, 3.05) is 0 Å². The van der Waals surface area contributed by atoms with Gasteiger partial charge in [0, 0.05) is 12.4 Å². The molecule has 0 radical (unpaired) electrons. The number of primary amides is 1. The highest BCUT2D eigenvalue weighted by molar-refractivity contribution is 9.08. The Hall–Kier alpha value is -1.82. The molecule has 1 aromatic heterocycles. The largest absolute Gasteiger partial charge is 0.445 e. The number of hydrogen-bond donors (Lipinski definition) is 1. The maximum absolute atomic E-state index is 10.2. The van der Waals surface area contributed by atoms with E-state index in [-0.39, 0.29) is 6.61 Å². The monoisotopic (exact) mass is 297 g/mol. The third-order valence-electron chi connectivity index (χ3n) is 1.70. The lowest BCUT2D eigenvalue weighted by molar-refractivity contribution is 0.150. The summed E-state index contributed by atoms with van der Waals surface area (Å²) >= 11 is 3.09. The average molecular weight is 298 g/mol. The van der Waals surface area contributed by atoms with Gasteiger partial charge in [0.15, 0.2) is 0 Å². The van der Waals surface area contributed by atoms with E-state index in [1.807, 2.05) is 36.4 Å². The second kappa shape index (κ2) is 7.45. The van der Waals surface area contributed by atoms with Gasteiger partial charge in [0.2, 0.25) is 0 Å². The third-order valence-corrected chi connectivity index (χ3v) is 2.12. The Kier molecular flexibility index (Phi) is 5.81. The number of nitrogens with two attached hydrogens (primary N) is 1. The van der Waals surface area contributed by atoms with Crippen LogP contribution in [0.25, 0.3) is 0 Å². The molecule has 17 heavy (non-hydrogen) atoms. The quantitative estimate of drug-likeness (QED) is 0.925. The van der Waals surface area contributed by atoms with Crippen LogP contribution in [0.3, 0.4) is 0 Å². The van der Waals surface area contributed by atoms with Gasteiger partial charge in [-0.05, 0) is 11.6 Å². The van der Waals surface area contributed by atoms with E-state index < -0.39 is 6.09 Å². The number of rotatable bonds is 2. The van der Waals surface area contributed by atoms with Gasteiger partial charge in [-0.15, -0.1) is 0 Å². The number of benzene rings is 1. The van der Waals surface area contributed by atoms with E-state index in [4.69, 9.17) is 5.73 Å². The molecule has 0 saturated heterocycles. The molecule has 2 N–H and O–H groups in total. The van der Waals surface area contributed by atoms with Gasteiger partial charge < -0.3 is 10.5 Å². The first-order chi connectivity index (χ1) is 8.18. The minimum atomic E-state index is -0.742. The zero-order valence-corrected chi connectivity index (χ0v) is 10.6. The Morgan fingerprint density at radius 3 is 2.47 bits per heavy atom. The Bertz CT molecular complexity index is 431. The topological polar surface area (TPSA) is 70.1 Å². The van der Waals surface area contributed by atoms with Gasteiger partial charge >= 0.3 is 6.09 Å². The van der Waals surface area contributed by atoms with Crippen molar-refractivity contribution >= 4 is 22.2 Å². The molecule has 0 atom stereocenters. The first-order valence-corrected chi connectivity index (χ1v) is 5.51. The molecule has 0 aliphatic rings. The van der Waals surface area contributed by atoms with Crippen LogP contribution in [0.1, 0.15) is 5.56 Å². The second-order valence-electron chi connectivity index (χ2n) is 2.99. The van der Waals surface area contributed by atoms with Crippen molar-refractivity contribution in [1.29, 1.82) is 0 Å². The molecule has 0 saturated carbocycles. The molecule has 1 amide bonds. The van der Waals surface area contributed by atoms with Crippen LogP contribution in [0.4, 0.5) is 4.79 Å². The first kappa shape index (κ1) is 13.2. The van der Waals surface area contributed by atoms with E-state index >= 15 is 0 Å². The molecule has 90 valence electrons. The molecule has 0 aliphatic heterocycles. The average Bonchev–Trinajstić information content (AvgIpc) is 2.80. The number of ether oxygens (including phenoxy) is 1. The summed E-state index contributed by atoms with van der Waals surface area (Å²) in [7, 11) is 0. The number of carbonyl (C=O) groups is 1. The van der Waals surface area contributed by atoms with Crippen LogP contribution in [-0.2, 0) is 11.3 Å². The Morgan fingerprint density at radius 1 is 1.35 bits per heavy atom. The fourth-order valence-corrected chi connectivity index (χ4v) is 1.22. The van der Waals surface area contributed by atoms with E-state index in [9.17, 15) is 4.79 Å². The summed E-state index contributed by atoms with van der Waals surface area (Å²) in [5.41, 5.74) is 5.72. The molecule has 1 aromatic carbocycles. The van der Waals surface area contributed by atoms with Crippen molar-refractivity contribution in [2.45, 2.75) is 6.61 Å². The van der Waals surface area contributed by atoms with Crippen LogP contribution in [0, 0.1) is 0 Å². The van der Waals surface area contributed by atoms with E-state index in [2.05, 4.69) is 26.0 Å². The number of amides is 1. The zero-order valence-electron chi connectivity index (χ0n) is 8.99. The van der Waals surface area contributed by atoms with E-state index in [0.717, 1.165) is 5.56 Å². The van der Waals surface area contributed by atoms with Gasteiger partial charge in [-0.25, -0.2) is 8.50 Å². The van der Waals surface area contributed by atoms with Gasteiger partial charge in [-0.2, -0.15) is 5.10 Å². The molecular formula is C11H12BrN3O2. The molecular weight excluding hydrogens is 286 g/mol. The molecule has 5 nitrogen and oxygen atoms in total. The predicted octanol–water partition coefficient (Wildman–Crippen LogP) is 2.32. The van der Waals surface area contributed by atoms with Crippen LogP contribution < -0.4 is 5.73 Å². The van der Waals surface area contributed by atoms with E-state index in [0.29, 0.717) is 0 Å². The van der Waals surface area contributed by atoms with Crippen molar-refractivity contribution in [1.82, 2.24) is 8.81 Å². The summed E-state index contributed by atoms with van der Waals surface area (Å²) in [5, 5.41) is 3.75. The van der Waals surface area contributed by atoms with Crippen LogP contribution in [0.2, 0.25) is 0 Å². The Morgan fingerprint density at radius 2 is 2.06 bits per heavy atom. The number of hydrogen-bond acceptors (Lipinski definition) is 3. The number of aromatic nitrogens is 2. The number of nitrogens with zero attached hydrogens (tertiary/aromatic N) is 2. The van der Waals surface area contributed by atoms with Crippen LogP contribution in [-0.4, -0.2) is 14.9 Å². The summed E-state index contributed by atoms with van der Waals surface area (Å²) in [4.78, 5) is 10.2. The normalized spacial score (nSPS) is 9.00. The Balaban J connectivity index is 0.000000202. The first-order valence-electron chi connectivity index (χ1n) is 4.80. The fourth-order valence-electron chi connectivity index (χ4n) is 0.979. The molecule has 1 heterocycles. The van der Waals surface area contributed by atoms with Crippen molar-refractivity contribution in [3.8, 4) is 0 Å². The smallest absolute Gasteiger partial charge is 0.404 e. The summed E-state index contributed by atoms with van der Waals surface area (Å²) in [6.45, 7) is 0.246. The molecule has 0 spiro atoms. The number of carbonyl (C=O) groups excluding carboxylic acids is 1. The summed E-state index contributed by atoms with van der Waals surface area (Å²) in [5.74, 6) is 0. The highest BCUT2D eigenvalue weighted by atomic mass is 79.9.